The number of fused-ring (bicyclic) bond motifs is 2. The lowest BCUT2D eigenvalue weighted by molar-refractivity contribution is -0.244. The highest BCUT2D eigenvalue weighted by Gasteiger charge is 2.63. The number of benzene rings is 1. The summed E-state index contributed by atoms with van der Waals surface area (Å²) in [6.07, 6.45) is -2.00. The van der Waals surface area contributed by atoms with Crippen molar-refractivity contribution in [2.75, 3.05) is 13.7 Å². The number of amides is 4. The van der Waals surface area contributed by atoms with Crippen molar-refractivity contribution in [3.8, 4) is 5.75 Å². The Balaban J connectivity index is 1.49. The van der Waals surface area contributed by atoms with E-state index in [-0.39, 0.29) is 36.6 Å². The summed E-state index contributed by atoms with van der Waals surface area (Å²) in [5.74, 6) is -4.60. The second-order valence-corrected chi connectivity index (χ2v) is 18.2. The number of carbonyl (C=O) groups is 5. The van der Waals surface area contributed by atoms with Gasteiger partial charge >= 0.3 is 18.2 Å². The molecule has 304 valence electrons. The largest absolute Gasteiger partial charge is 0.496 e. The number of sulfonamides is 1. The van der Waals surface area contributed by atoms with Crippen LogP contribution in [0.5, 0.6) is 5.75 Å². The van der Waals surface area contributed by atoms with Crippen LogP contribution in [0.4, 0.5) is 18.0 Å². The predicted octanol–water partition coefficient (Wildman–Crippen LogP) is 4.14. The number of alkyl halides is 3. The van der Waals surface area contributed by atoms with Crippen LogP contribution in [0.25, 0.3) is 0 Å². The predicted molar refractivity (Wildman–Crippen MR) is 191 cm³/mol. The number of alkyl carbamates (subject to hydrolysis) is 1. The van der Waals surface area contributed by atoms with Crippen LogP contribution < -0.4 is 20.1 Å². The van der Waals surface area contributed by atoms with Gasteiger partial charge in [0.1, 0.15) is 35.0 Å². The van der Waals surface area contributed by atoms with E-state index in [1.165, 1.54) is 20.1 Å². The number of halogens is 3. The first-order valence-electron chi connectivity index (χ1n) is 18.3. The lowest BCUT2D eigenvalue weighted by Crippen LogP contribution is -2.59. The number of hydrogen-bond donors (Lipinski definition) is 3. The second kappa shape index (κ2) is 15.3. The molecule has 3 N–H and O–H groups in total. The van der Waals surface area contributed by atoms with Crippen molar-refractivity contribution in [3.05, 3.63) is 42.0 Å². The second-order valence-electron chi connectivity index (χ2n) is 16.0. The van der Waals surface area contributed by atoms with Gasteiger partial charge in [-0.25, -0.2) is 18.0 Å². The zero-order valence-electron chi connectivity index (χ0n) is 31.7. The van der Waals surface area contributed by atoms with Crippen LogP contribution in [0.1, 0.15) is 89.9 Å². The van der Waals surface area contributed by atoms with E-state index >= 15 is 0 Å². The summed E-state index contributed by atoms with van der Waals surface area (Å²) in [7, 11) is -2.73. The molecule has 18 heteroatoms. The Bertz CT molecular complexity index is 1830. The lowest BCUT2D eigenvalue weighted by Gasteiger charge is -2.34. The van der Waals surface area contributed by atoms with Gasteiger partial charge in [0.2, 0.25) is 27.4 Å². The molecule has 3 fully saturated rings. The number of carbonyl (C=O) groups excluding carboxylic acids is 5. The summed E-state index contributed by atoms with van der Waals surface area (Å²) >= 11 is 0. The monoisotopic (exact) mass is 798 g/mol. The van der Waals surface area contributed by atoms with Crippen LogP contribution in [0, 0.1) is 17.8 Å². The fourth-order valence-corrected chi connectivity index (χ4v) is 8.38. The summed E-state index contributed by atoms with van der Waals surface area (Å²) < 4.78 is 84.0. The molecule has 55 heavy (non-hydrogen) atoms. The molecule has 4 amide bonds. The van der Waals surface area contributed by atoms with Gasteiger partial charge in [-0.1, -0.05) is 38.1 Å². The molecule has 0 unspecified atom stereocenters. The molecule has 1 aromatic carbocycles. The van der Waals surface area contributed by atoms with E-state index in [4.69, 9.17) is 14.2 Å². The van der Waals surface area contributed by atoms with E-state index < -0.39 is 91.9 Å². The molecule has 2 heterocycles. The number of rotatable bonds is 8. The van der Waals surface area contributed by atoms with E-state index in [1.54, 1.807) is 31.2 Å². The summed E-state index contributed by atoms with van der Waals surface area (Å²) in [5.41, 5.74) is -4.52. The Labute approximate surface area is 318 Å². The normalized spacial score (nSPS) is 30.2. The molecular formula is C37H49F3N4O10S. The van der Waals surface area contributed by atoms with Crippen molar-refractivity contribution in [2.45, 2.75) is 120 Å². The molecule has 0 spiro atoms. The molecule has 14 nitrogen and oxygen atoms in total. The minimum absolute atomic E-state index is 0.0649. The number of para-hydroxylation sites is 1. The summed E-state index contributed by atoms with van der Waals surface area (Å²) in [6, 6.07) is 3.32. The molecule has 2 aliphatic carbocycles. The van der Waals surface area contributed by atoms with Gasteiger partial charge in [0, 0.05) is 12.3 Å². The van der Waals surface area contributed by atoms with E-state index in [2.05, 4.69) is 15.4 Å². The van der Waals surface area contributed by atoms with E-state index in [1.807, 2.05) is 13.0 Å². The highest BCUT2D eigenvalue weighted by atomic mass is 32.2. The van der Waals surface area contributed by atoms with Crippen molar-refractivity contribution in [1.29, 1.82) is 0 Å². The number of nitrogens with zero attached hydrogens (tertiary/aromatic N) is 1. The molecule has 0 radical (unpaired) electrons. The molecule has 4 aliphatic rings. The fraction of sp³-hybridized carbons (Fsp3) is 0.649. The average molecular weight is 799 g/mol. The molecule has 2 saturated carbocycles. The molecule has 2 aliphatic heterocycles. The van der Waals surface area contributed by atoms with Gasteiger partial charge in [0.15, 0.2) is 0 Å². The van der Waals surface area contributed by atoms with Gasteiger partial charge in [0.25, 0.3) is 5.91 Å². The van der Waals surface area contributed by atoms with E-state index in [0.29, 0.717) is 46.0 Å². The number of methoxy groups -OCH3 is 1. The summed E-state index contributed by atoms with van der Waals surface area (Å²) in [5, 5.41) is 5.03. The molecule has 1 saturated heterocycles. The van der Waals surface area contributed by atoms with Crippen molar-refractivity contribution < 1.29 is 59.8 Å². The van der Waals surface area contributed by atoms with Crippen molar-refractivity contribution in [2.24, 2.45) is 17.8 Å². The highest BCUT2D eigenvalue weighted by Crippen LogP contribution is 2.47. The maximum absolute atomic E-state index is 14.6. The van der Waals surface area contributed by atoms with Gasteiger partial charge in [0.05, 0.1) is 18.4 Å². The average Bonchev–Trinajstić information content (AvgIpc) is 3.97. The Morgan fingerprint density at radius 1 is 1.05 bits per heavy atom. The number of nitrogens with one attached hydrogen (secondary N) is 3. The van der Waals surface area contributed by atoms with Crippen molar-refractivity contribution in [3.63, 3.8) is 0 Å². The first-order chi connectivity index (χ1) is 25.5. The van der Waals surface area contributed by atoms with Gasteiger partial charge in [-0.15, -0.1) is 0 Å². The topological polar surface area (TPSA) is 187 Å². The highest BCUT2D eigenvalue weighted by molar-refractivity contribution is 7.91. The SMILES string of the molecule is COc1ccccc1C(=O)O[C@@H]1C[C@H]2C(=O)N[C@]3(C(=O)NS(=O)(=O)C4(C)CC4)C[C@H]3/C=C\CC[C@@H](C)C[C@@H](C)[C@H](NC(=O)OC(C)(C)C(F)(F)F)C(=O)N2C1. The maximum Gasteiger partial charge on any atom is 0.427 e. The third-order valence-corrected chi connectivity index (χ3v) is 13.3. The maximum atomic E-state index is 14.6. The third kappa shape index (κ3) is 8.88. The lowest BCUT2D eigenvalue weighted by atomic mass is 9.88. The number of esters is 1. The van der Waals surface area contributed by atoms with Crippen LogP contribution in [-0.4, -0.2) is 97.0 Å². The third-order valence-electron chi connectivity index (χ3n) is 11.2. The zero-order chi connectivity index (χ0) is 40.7. The van der Waals surface area contributed by atoms with E-state index in [9.17, 15) is 45.6 Å². The van der Waals surface area contributed by atoms with Crippen molar-refractivity contribution >= 4 is 39.8 Å². The van der Waals surface area contributed by atoms with Crippen molar-refractivity contribution in [1.82, 2.24) is 20.3 Å². The fourth-order valence-electron chi connectivity index (χ4n) is 7.07. The minimum Gasteiger partial charge on any atom is -0.496 e. The molecule has 0 bridgehead atoms. The standard InChI is InChI=1S/C37H49F3N4O10S/c1-21-11-7-8-12-23-19-36(23,32(48)43-55(50,51)35(5)15-16-35)42-29(45)26-18-24(53-31(47)25-13-9-10-14-27(25)52-6)20-44(26)30(46)28(22(2)17-21)41-33(49)54-34(3,4)37(38,39)40/h8-10,12-14,21-24,26,28H,7,11,15-20H2,1-6H3,(H,41,49)(H,42,45)(H,43,48)/b12-8-/t21-,22-,23-,24-,26+,28+,36-/m1/s1. The summed E-state index contributed by atoms with van der Waals surface area (Å²) in [4.78, 5) is 70.1. The Hall–Kier alpha value is -4.35. The van der Waals surface area contributed by atoms with Crippen LogP contribution >= 0.6 is 0 Å². The van der Waals surface area contributed by atoms with Crippen LogP contribution in [-0.2, 0) is 33.9 Å². The van der Waals surface area contributed by atoms with Crippen LogP contribution in [0.3, 0.4) is 0 Å². The zero-order valence-corrected chi connectivity index (χ0v) is 32.5. The Kier molecular flexibility index (Phi) is 11.6. The van der Waals surface area contributed by atoms with E-state index in [0.717, 1.165) is 4.90 Å². The summed E-state index contributed by atoms with van der Waals surface area (Å²) in [6.45, 7) is 6.03. The van der Waals surface area contributed by atoms with Gasteiger partial charge < -0.3 is 29.7 Å². The quantitative estimate of drug-likeness (QED) is 0.255. The molecule has 1 aromatic rings. The number of ether oxygens (including phenoxy) is 3. The first-order valence-corrected chi connectivity index (χ1v) is 19.8. The van der Waals surface area contributed by atoms with Crippen LogP contribution in [0.15, 0.2) is 36.4 Å². The smallest absolute Gasteiger partial charge is 0.427 e. The van der Waals surface area contributed by atoms with Gasteiger partial charge in [-0.3, -0.25) is 19.1 Å². The number of hydrogen-bond acceptors (Lipinski definition) is 10. The molecule has 0 aromatic heterocycles. The minimum atomic E-state index is -4.93. The first kappa shape index (κ1) is 41.8. The van der Waals surface area contributed by atoms with Gasteiger partial charge in [-0.05, 0) is 83.3 Å². The molecular weight excluding hydrogens is 749 g/mol. The molecule has 7 atom stereocenters. The van der Waals surface area contributed by atoms with Crippen LogP contribution in [0.2, 0.25) is 0 Å². The molecule has 5 rings (SSSR count). The Morgan fingerprint density at radius 2 is 1.73 bits per heavy atom. The Morgan fingerprint density at radius 3 is 2.36 bits per heavy atom. The number of allylic oxidation sites excluding steroid dienone is 1. The van der Waals surface area contributed by atoms with Gasteiger partial charge in [-0.2, -0.15) is 13.2 Å².